The van der Waals surface area contributed by atoms with E-state index in [2.05, 4.69) is 25.1 Å². The summed E-state index contributed by atoms with van der Waals surface area (Å²) in [6.07, 6.45) is 8.48. The number of rotatable bonds is 8. The summed E-state index contributed by atoms with van der Waals surface area (Å²) >= 11 is 0. The highest BCUT2D eigenvalue weighted by Gasteiger charge is 2.25. The second-order valence-electron chi connectivity index (χ2n) is 7.66. The van der Waals surface area contributed by atoms with E-state index >= 15 is 0 Å². The largest absolute Gasteiger partial charge is 0.511 e. The van der Waals surface area contributed by atoms with Gasteiger partial charge in [0.1, 0.15) is 5.76 Å². The van der Waals surface area contributed by atoms with Crippen molar-refractivity contribution >= 4 is 22.3 Å². The molecule has 0 radical (unpaired) electrons. The van der Waals surface area contributed by atoms with Gasteiger partial charge in [-0.25, -0.2) is 0 Å². The van der Waals surface area contributed by atoms with Crippen LogP contribution in [0, 0.1) is 0 Å². The van der Waals surface area contributed by atoms with Crippen LogP contribution in [0.5, 0.6) is 0 Å². The molecule has 28 heavy (non-hydrogen) atoms. The van der Waals surface area contributed by atoms with Crippen LogP contribution in [-0.4, -0.2) is 23.1 Å². The van der Waals surface area contributed by atoms with Crippen LogP contribution < -0.4 is 0 Å². The summed E-state index contributed by atoms with van der Waals surface area (Å²) < 4.78 is 0. The Morgan fingerprint density at radius 1 is 1.00 bits per heavy atom. The summed E-state index contributed by atoms with van der Waals surface area (Å²) in [6, 6.07) is 14.3. The first-order valence-electron chi connectivity index (χ1n) is 10.7. The van der Waals surface area contributed by atoms with Crippen molar-refractivity contribution < 1.29 is 9.90 Å². The third-order valence-corrected chi connectivity index (χ3v) is 5.48. The predicted octanol–water partition coefficient (Wildman–Crippen LogP) is 6.36. The molecule has 0 aliphatic heterocycles. The summed E-state index contributed by atoms with van der Waals surface area (Å²) in [5, 5.41) is 13.1. The van der Waals surface area contributed by atoms with Crippen LogP contribution in [0.2, 0.25) is 0 Å². The number of ketones is 1. The van der Waals surface area contributed by atoms with E-state index in [0.29, 0.717) is 18.4 Å². The highest BCUT2D eigenvalue weighted by atomic mass is 16.3. The molecule has 0 atom stereocenters. The van der Waals surface area contributed by atoms with Crippen molar-refractivity contribution in [1.82, 2.24) is 0 Å². The van der Waals surface area contributed by atoms with E-state index in [0.717, 1.165) is 47.9 Å². The van der Waals surface area contributed by atoms with Gasteiger partial charge in [0.2, 0.25) is 0 Å². The zero-order chi connectivity index (χ0) is 19.8. The fraction of sp³-hybridized carbons (Fsp3) is 0.440. The van der Waals surface area contributed by atoms with Crippen molar-refractivity contribution in [1.29, 1.82) is 0 Å². The quantitative estimate of drug-likeness (QED) is 0.331. The molecule has 1 aliphatic rings. The molecule has 148 valence electrons. The molecule has 1 aliphatic carbocycles. The molecule has 3 nitrogen and oxygen atoms in total. The Morgan fingerprint density at radius 3 is 2.64 bits per heavy atom. The van der Waals surface area contributed by atoms with E-state index in [9.17, 15) is 9.90 Å². The van der Waals surface area contributed by atoms with E-state index in [1.54, 1.807) is 0 Å². The van der Waals surface area contributed by atoms with E-state index in [4.69, 9.17) is 4.99 Å². The third-order valence-electron chi connectivity index (χ3n) is 5.48. The standard InChI is InChI=1S/C25H31NO2/c1-2-3-4-5-8-17-26-22-15-10-16-23(27)25(22)24(28)18-20-13-9-12-19-11-6-7-14-21(19)20/h6-7,9,11-14,28H,2-5,8,10,15-18H2,1H3. The first-order valence-corrected chi connectivity index (χ1v) is 10.7. The zero-order valence-electron chi connectivity index (χ0n) is 16.9. The van der Waals surface area contributed by atoms with Gasteiger partial charge in [0.25, 0.3) is 0 Å². The van der Waals surface area contributed by atoms with Crippen molar-refractivity contribution in [3.63, 3.8) is 0 Å². The lowest BCUT2D eigenvalue weighted by molar-refractivity contribution is -0.115. The molecule has 0 heterocycles. The molecule has 3 heteroatoms. The first kappa shape index (κ1) is 20.3. The van der Waals surface area contributed by atoms with Gasteiger partial charge >= 0.3 is 0 Å². The number of Topliss-reactive ketones (excluding diaryl/α,β-unsaturated/α-hetero) is 1. The topological polar surface area (TPSA) is 49.7 Å². The van der Waals surface area contributed by atoms with Crippen molar-refractivity contribution in [2.45, 2.75) is 64.7 Å². The van der Waals surface area contributed by atoms with Crippen LogP contribution in [0.1, 0.15) is 63.9 Å². The lowest BCUT2D eigenvalue weighted by Gasteiger charge is -2.18. The molecular weight excluding hydrogens is 346 g/mol. The van der Waals surface area contributed by atoms with Crippen molar-refractivity contribution in [2.24, 2.45) is 4.99 Å². The minimum atomic E-state index is 0.0359. The number of aliphatic hydroxyl groups is 1. The Labute approximate surface area is 168 Å². The molecule has 2 aromatic carbocycles. The van der Waals surface area contributed by atoms with Crippen LogP contribution in [0.3, 0.4) is 0 Å². The smallest absolute Gasteiger partial charge is 0.168 e. The summed E-state index contributed by atoms with van der Waals surface area (Å²) in [5.74, 6) is 0.208. The minimum absolute atomic E-state index is 0.0359. The maximum atomic E-state index is 12.6. The molecule has 1 fully saturated rings. The van der Waals surface area contributed by atoms with Crippen molar-refractivity contribution in [3.8, 4) is 0 Å². The van der Waals surface area contributed by atoms with Crippen LogP contribution in [0.15, 0.2) is 58.8 Å². The van der Waals surface area contributed by atoms with Gasteiger partial charge in [-0.3, -0.25) is 9.79 Å². The van der Waals surface area contributed by atoms with E-state index in [1.165, 1.54) is 25.7 Å². The Kier molecular flexibility index (Phi) is 7.41. The maximum absolute atomic E-state index is 12.6. The molecule has 0 spiro atoms. The van der Waals surface area contributed by atoms with Gasteiger partial charge in [0.15, 0.2) is 5.78 Å². The van der Waals surface area contributed by atoms with Gasteiger partial charge < -0.3 is 5.11 Å². The summed E-state index contributed by atoms with van der Waals surface area (Å²) in [4.78, 5) is 17.3. The number of fused-ring (bicyclic) bond motifs is 1. The minimum Gasteiger partial charge on any atom is -0.511 e. The van der Waals surface area contributed by atoms with Crippen LogP contribution >= 0.6 is 0 Å². The Bertz CT molecular complexity index is 874. The van der Waals surface area contributed by atoms with Gasteiger partial charge in [0.05, 0.1) is 5.57 Å². The molecule has 1 N–H and O–H groups in total. The fourth-order valence-electron chi connectivity index (χ4n) is 3.96. The molecule has 1 saturated carbocycles. The molecule has 0 bridgehead atoms. The first-order chi connectivity index (χ1) is 13.7. The maximum Gasteiger partial charge on any atom is 0.168 e. The molecule has 0 saturated heterocycles. The Balaban J connectivity index is 1.79. The van der Waals surface area contributed by atoms with Crippen LogP contribution in [0.25, 0.3) is 10.8 Å². The van der Waals surface area contributed by atoms with Gasteiger partial charge in [-0.1, -0.05) is 75.1 Å². The number of aliphatic imine (C=N–C) groups is 1. The lowest BCUT2D eigenvalue weighted by atomic mass is 9.88. The second-order valence-corrected chi connectivity index (χ2v) is 7.66. The van der Waals surface area contributed by atoms with E-state index in [-0.39, 0.29) is 11.5 Å². The normalized spacial score (nSPS) is 18.0. The Hall–Kier alpha value is -2.42. The number of carbonyl (C=O) groups is 1. The average molecular weight is 378 g/mol. The predicted molar refractivity (Wildman–Crippen MR) is 117 cm³/mol. The second kappa shape index (κ2) is 10.2. The Morgan fingerprint density at radius 2 is 1.79 bits per heavy atom. The van der Waals surface area contributed by atoms with Gasteiger partial charge in [-0.05, 0) is 35.6 Å². The molecule has 2 aromatic rings. The van der Waals surface area contributed by atoms with Gasteiger partial charge in [-0.2, -0.15) is 0 Å². The monoisotopic (exact) mass is 377 g/mol. The summed E-state index contributed by atoms with van der Waals surface area (Å²) in [7, 11) is 0. The number of allylic oxidation sites excluding steroid dienone is 2. The number of hydrogen-bond acceptors (Lipinski definition) is 3. The molecule has 0 amide bonds. The van der Waals surface area contributed by atoms with Crippen molar-refractivity contribution in [2.75, 3.05) is 6.54 Å². The van der Waals surface area contributed by atoms with E-state index < -0.39 is 0 Å². The SMILES string of the molecule is CCCCCCCN=C1CCCC(=O)C1=C(O)Cc1cccc2ccccc12. The average Bonchev–Trinajstić information content (AvgIpc) is 2.71. The highest BCUT2D eigenvalue weighted by Crippen LogP contribution is 2.25. The summed E-state index contributed by atoms with van der Waals surface area (Å²) in [5.41, 5.74) is 2.33. The molecule has 0 aromatic heterocycles. The highest BCUT2D eigenvalue weighted by molar-refractivity contribution is 6.24. The number of unbranched alkanes of at least 4 members (excludes halogenated alkanes) is 4. The fourth-order valence-corrected chi connectivity index (χ4v) is 3.96. The molecule has 3 rings (SSSR count). The zero-order valence-corrected chi connectivity index (χ0v) is 16.9. The number of hydrogen-bond donors (Lipinski definition) is 1. The molecule has 0 unspecified atom stereocenters. The number of aliphatic hydroxyl groups excluding tert-OH is 1. The van der Waals surface area contributed by atoms with Crippen LogP contribution in [0.4, 0.5) is 0 Å². The van der Waals surface area contributed by atoms with E-state index in [1.807, 2.05) is 24.3 Å². The number of nitrogens with zero attached hydrogens (tertiary/aromatic N) is 1. The van der Waals surface area contributed by atoms with Crippen LogP contribution in [-0.2, 0) is 11.2 Å². The van der Waals surface area contributed by atoms with Gasteiger partial charge in [-0.15, -0.1) is 0 Å². The number of carbonyl (C=O) groups excluding carboxylic acids is 1. The van der Waals surface area contributed by atoms with Crippen molar-refractivity contribution in [3.05, 3.63) is 59.4 Å². The summed E-state index contributed by atoms with van der Waals surface area (Å²) in [6.45, 7) is 2.96. The third kappa shape index (κ3) is 5.09. The molecular formula is C25H31NO2. The number of benzene rings is 2. The van der Waals surface area contributed by atoms with Gasteiger partial charge in [0, 0.05) is 25.1 Å². The lowest BCUT2D eigenvalue weighted by Crippen LogP contribution is -2.22.